The first-order valence-corrected chi connectivity index (χ1v) is 5.41. The third kappa shape index (κ3) is 3.55. The minimum absolute atomic E-state index is 0.211. The van der Waals surface area contributed by atoms with Gasteiger partial charge in [-0.1, -0.05) is 6.42 Å². The van der Waals surface area contributed by atoms with Gasteiger partial charge in [-0.15, -0.1) is 0 Å². The first kappa shape index (κ1) is 14.2. The molecule has 17 heavy (non-hydrogen) atoms. The highest BCUT2D eigenvalue weighted by atomic mass is 19.4. The maximum atomic E-state index is 13.7. The van der Waals surface area contributed by atoms with E-state index in [1.165, 1.54) is 0 Å². The molecular weight excluding hydrogens is 242 g/mol. The molecular formula is C10H15F4NO2. The highest BCUT2D eigenvalue weighted by molar-refractivity contribution is 5.67. The fourth-order valence-electron chi connectivity index (χ4n) is 2.34. The van der Waals surface area contributed by atoms with Crippen LogP contribution in [0, 0.1) is 11.8 Å². The van der Waals surface area contributed by atoms with E-state index in [-0.39, 0.29) is 19.3 Å². The predicted octanol–water partition coefficient (Wildman–Crippen LogP) is 2.11. The van der Waals surface area contributed by atoms with Crippen LogP contribution in [0.25, 0.3) is 0 Å². The van der Waals surface area contributed by atoms with Crippen molar-refractivity contribution in [3.05, 3.63) is 0 Å². The van der Waals surface area contributed by atoms with Gasteiger partial charge in [-0.3, -0.25) is 4.79 Å². The summed E-state index contributed by atoms with van der Waals surface area (Å²) in [6.07, 6.45) is -7.00. The summed E-state index contributed by atoms with van der Waals surface area (Å²) in [4.78, 5) is 10.4. The van der Waals surface area contributed by atoms with E-state index in [1.807, 2.05) is 0 Å². The van der Waals surface area contributed by atoms with E-state index in [2.05, 4.69) is 0 Å². The summed E-state index contributed by atoms with van der Waals surface area (Å²) < 4.78 is 51.2. The van der Waals surface area contributed by atoms with Crippen molar-refractivity contribution in [2.45, 2.75) is 44.1 Å². The second-order valence-electron chi connectivity index (χ2n) is 4.45. The summed E-state index contributed by atoms with van der Waals surface area (Å²) in [5.41, 5.74) is 5.46. The van der Waals surface area contributed by atoms with Gasteiger partial charge in [0.25, 0.3) is 0 Å². The molecule has 100 valence electrons. The van der Waals surface area contributed by atoms with Crippen LogP contribution >= 0.6 is 0 Å². The molecule has 4 unspecified atom stereocenters. The Hall–Kier alpha value is -0.850. The Morgan fingerprint density at radius 2 is 2.00 bits per heavy atom. The summed E-state index contributed by atoms with van der Waals surface area (Å²) in [5, 5.41) is 8.50. The Bertz CT molecular complexity index is 282. The zero-order valence-electron chi connectivity index (χ0n) is 9.08. The van der Waals surface area contributed by atoms with Crippen LogP contribution < -0.4 is 5.73 Å². The first-order chi connectivity index (χ1) is 7.73. The quantitative estimate of drug-likeness (QED) is 0.761. The molecule has 0 heterocycles. The maximum absolute atomic E-state index is 13.7. The van der Waals surface area contributed by atoms with Gasteiger partial charge in [-0.2, -0.15) is 13.2 Å². The van der Waals surface area contributed by atoms with Gasteiger partial charge >= 0.3 is 12.1 Å². The zero-order chi connectivity index (χ0) is 13.2. The molecule has 4 atom stereocenters. The molecule has 0 spiro atoms. The normalized spacial score (nSPS) is 32.2. The van der Waals surface area contributed by atoms with Crippen molar-refractivity contribution in [2.24, 2.45) is 17.6 Å². The molecule has 1 rings (SSSR count). The molecule has 0 amide bonds. The number of hydrogen-bond acceptors (Lipinski definition) is 2. The van der Waals surface area contributed by atoms with Crippen LogP contribution in [-0.2, 0) is 4.79 Å². The lowest BCUT2D eigenvalue weighted by Crippen LogP contribution is -2.47. The number of carbonyl (C=O) groups is 1. The van der Waals surface area contributed by atoms with E-state index in [4.69, 9.17) is 10.8 Å². The van der Waals surface area contributed by atoms with Gasteiger partial charge < -0.3 is 10.8 Å². The fraction of sp³-hybridized carbons (Fsp3) is 0.900. The molecule has 0 aromatic heterocycles. The number of alkyl halides is 4. The largest absolute Gasteiger partial charge is 0.481 e. The van der Waals surface area contributed by atoms with Crippen molar-refractivity contribution in [3.63, 3.8) is 0 Å². The maximum Gasteiger partial charge on any atom is 0.394 e. The van der Waals surface area contributed by atoms with E-state index in [0.29, 0.717) is 0 Å². The number of halogens is 4. The second-order valence-corrected chi connectivity index (χ2v) is 4.45. The van der Waals surface area contributed by atoms with Crippen LogP contribution in [0.5, 0.6) is 0 Å². The predicted molar refractivity (Wildman–Crippen MR) is 52.0 cm³/mol. The van der Waals surface area contributed by atoms with Gasteiger partial charge in [-0.25, -0.2) is 4.39 Å². The van der Waals surface area contributed by atoms with Gasteiger partial charge in [0, 0.05) is 12.0 Å². The molecule has 1 aliphatic carbocycles. The minimum Gasteiger partial charge on any atom is -0.481 e. The fourth-order valence-corrected chi connectivity index (χ4v) is 2.34. The average molecular weight is 257 g/mol. The molecule has 0 aliphatic heterocycles. The Labute approximate surface area is 96.0 Å². The highest BCUT2D eigenvalue weighted by Crippen LogP contribution is 2.42. The molecule has 0 bridgehead atoms. The smallest absolute Gasteiger partial charge is 0.394 e. The lowest BCUT2D eigenvalue weighted by molar-refractivity contribution is -0.205. The number of nitrogens with two attached hydrogens (primary N) is 1. The lowest BCUT2D eigenvalue weighted by atomic mass is 9.75. The highest BCUT2D eigenvalue weighted by Gasteiger charge is 2.50. The third-order valence-corrected chi connectivity index (χ3v) is 3.23. The van der Waals surface area contributed by atoms with Gasteiger partial charge in [0.1, 0.15) is 6.17 Å². The molecule has 0 aromatic carbocycles. The molecule has 0 aromatic rings. The zero-order valence-corrected chi connectivity index (χ0v) is 9.08. The number of carboxylic acids is 1. The van der Waals surface area contributed by atoms with Crippen LogP contribution in [-0.4, -0.2) is 29.5 Å². The number of hydrogen-bond donors (Lipinski definition) is 2. The van der Waals surface area contributed by atoms with Gasteiger partial charge in [0.2, 0.25) is 0 Å². The van der Waals surface area contributed by atoms with E-state index >= 15 is 0 Å². The van der Waals surface area contributed by atoms with E-state index in [1.54, 1.807) is 0 Å². The van der Waals surface area contributed by atoms with Crippen molar-refractivity contribution in [2.75, 3.05) is 0 Å². The standard InChI is InChI=1S/C10H15F4NO2/c11-9-5(7(15)4-8(16)17)2-1-3-6(9)10(12,13)14/h5-7,9H,1-4,15H2,(H,16,17). The molecule has 3 nitrogen and oxygen atoms in total. The SMILES string of the molecule is NC(CC(=O)O)C1CCCC(C(F)(F)F)C1F. The lowest BCUT2D eigenvalue weighted by Gasteiger charge is -2.36. The molecule has 1 aliphatic rings. The molecule has 0 saturated heterocycles. The van der Waals surface area contributed by atoms with Crippen LogP contribution in [0.2, 0.25) is 0 Å². The van der Waals surface area contributed by atoms with Crippen molar-refractivity contribution in [1.82, 2.24) is 0 Å². The molecule has 1 saturated carbocycles. The second kappa shape index (κ2) is 5.20. The Morgan fingerprint density at radius 3 is 2.47 bits per heavy atom. The topological polar surface area (TPSA) is 63.3 Å². The molecule has 7 heteroatoms. The molecule has 1 fully saturated rings. The van der Waals surface area contributed by atoms with Crippen LogP contribution in [0.1, 0.15) is 25.7 Å². The van der Waals surface area contributed by atoms with Crippen molar-refractivity contribution >= 4 is 5.97 Å². The summed E-state index contributed by atoms with van der Waals surface area (Å²) in [7, 11) is 0. The average Bonchev–Trinajstić information content (AvgIpc) is 2.14. The van der Waals surface area contributed by atoms with Crippen LogP contribution in [0.3, 0.4) is 0 Å². The van der Waals surface area contributed by atoms with Crippen LogP contribution in [0.4, 0.5) is 17.6 Å². The summed E-state index contributed by atoms with van der Waals surface area (Å²) >= 11 is 0. The summed E-state index contributed by atoms with van der Waals surface area (Å²) in [6, 6.07) is -1.06. The monoisotopic (exact) mass is 257 g/mol. The number of carboxylic acid groups (broad SMARTS) is 1. The Morgan fingerprint density at radius 1 is 1.41 bits per heavy atom. The number of rotatable bonds is 3. The van der Waals surface area contributed by atoms with Crippen molar-refractivity contribution in [3.8, 4) is 0 Å². The summed E-state index contributed by atoms with van der Waals surface area (Å²) in [5.74, 6) is -4.26. The van der Waals surface area contributed by atoms with Crippen LogP contribution in [0.15, 0.2) is 0 Å². The first-order valence-electron chi connectivity index (χ1n) is 5.41. The van der Waals surface area contributed by atoms with Gasteiger partial charge in [0.05, 0.1) is 12.3 Å². The van der Waals surface area contributed by atoms with Gasteiger partial charge in [-0.05, 0) is 12.8 Å². The van der Waals surface area contributed by atoms with E-state index in [9.17, 15) is 22.4 Å². The molecule has 3 N–H and O–H groups in total. The number of aliphatic carboxylic acids is 1. The third-order valence-electron chi connectivity index (χ3n) is 3.23. The Balaban J connectivity index is 2.71. The van der Waals surface area contributed by atoms with Crippen molar-refractivity contribution < 1.29 is 27.5 Å². The molecule has 0 radical (unpaired) electrons. The van der Waals surface area contributed by atoms with E-state index in [0.717, 1.165) is 0 Å². The Kier molecular flexibility index (Phi) is 4.35. The minimum atomic E-state index is -4.58. The van der Waals surface area contributed by atoms with Crippen molar-refractivity contribution in [1.29, 1.82) is 0 Å². The van der Waals surface area contributed by atoms with E-state index < -0.39 is 42.6 Å². The summed E-state index contributed by atoms with van der Waals surface area (Å²) in [6.45, 7) is 0. The van der Waals surface area contributed by atoms with Gasteiger partial charge in [0.15, 0.2) is 0 Å².